The molecule has 0 fully saturated rings. The first kappa shape index (κ1) is 13.8. The Morgan fingerprint density at radius 1 is 1.71 bits per heavy atom. The van der Waals surface area contributed by atoms with Crippen LogP contribution in [0.15, 0.2) is 6.20 Å². The molecular weight excluding hydrogens is 345 g/mol. The second-order valence-corrected chi connectivity index (χ2v) is 4.04. The van der Waals surface area contributed by atoms with Crippen LogP contribution in [0.5, 0.6) is 0 Å². The summed E-state index contributed by atoms with van der Waals surface area (Å²) in [5.74, 6) is -0.676. The maximum Gasteiger partial charge on any atom is 0.310 e. The van der Waals surface area contributed by atoms with E-state index < -0.39 is 12.4 Å². The van der Waals surface area contributed by atoms with Crippen molar-refractivity contribution >= 4 is 28.6 Å². The van der Waals surface area contributed by atoms with Gasteiger partial charge in [-0.3, -0.25) is 4.79 Å². The summed E-state index contributed by atoms with van der Waals surface area (Å²) in [6.07, 6.45) is -1.98. The number of pyridine rings is 1. The Morgan fingerprint density at radius 3 is 2.82 bits per heavy atom. The van der Waals surface area contributed by atoms with Crippen LogP contribution in [0, 0.1) is 15.0 Å². The number of alkyl halides is 2. The monoisotopic (exact) mass is 352 g/mol. The average molecular weight is 352 g/mol. The molecule has 1 aromatic heterocycles. The zero-order valence-electron chi connectivity index (χ0n) is 8.71. The number of carbonyl (C=O) groups excluding carboxylic acids is 1. The molecule has 1 aromatic rings. The van der Waals surface area contributed by atoms with Crippen molar-refractivity contribution in [3.05, 3.63) is 26.6 Å². The van der Waals surface area contributed by atoms with Crippen molar-refractivity contribution in [3.63, 3.8) is 0 Å². The molecule has 0 N–H and O–H groups in total. The van der Waals surface area contributed by atoms with Crippen molar-refractivity contribution in [2.75, 3.05) is 7.11 Å². The summed E-state index contributed by atoms with van der Waals surface area (Å²) in [4.78, 5) is 14.8. The number of methoxy groups -OCH3 is 1. The van der Waals surface area contributed by atoms with Gasteiger partial charge in [-0.2, -0.15) is 5.26 Å². The van der Waals surface area contributed by atoms with Crippen LogP contribution in [0.1, 0.15) is 23.1 Å². The highest BCUT2D eigenvalue weighted by Gasteiger charge is 2.23. The minimum Gasteiger partial charge on any atom is -0.469 e. The molecule has 0 bridgehead atoms. The smallest absolute Gasteiger partial charge is 0.310 e. The van der Waals surface area contributed by atoms with E-state index in [0.29, 0.717) is 0 Å². The second-order valence-electron chi connectivity index (χ2n) is 3.02. The van der Waals surface area contributed by atoms with Gasteiger partial charge in [-0.15, -0.1) is 0 Å². The predicted octanol–water partition coefficient (Wildman–Crippen LogP) is 2.21. The maximum absolute atomic E-state index is 12.9. The van der Waals surface area contributed by atoms with Gasteiger partial charge in [-0.05, 0) is 28.2 Å². The zero-order valence-corrected chi connectivity index (χ0v) is 10.9. The van der Waals surface area contributed by atoms with Crippen LogP contribution < -0.4 is 0 Å². The Hall–Kier alpha value is -1.30. The Bertz CT molecular complexity index is 486. The molecule has 7 heteroatoms. The number of aromatic nitrogens is 1. The van der Waals surface area contributed by atoms with Crippen LogP contribution >= 0.6 is 22.6 Å². The van der Waals surface area contributed by atoms with E-state index >= 15 is 0 Å². The van der Waals surface area contributed by atoms with Crippen molar-refractivity contribution in [1.82, 2.24) is 4.98 Å². The summed E-state index contributed by atoms with van der Waals surface area (Å²) in [7, 11) is 1.16. The molecule has 90 valence electrons. The third-order valence-corrected chi connectivity index (χ3v) is 2.93. The highest BCUT2D eigenvalue weighted by Crippen LogP contribution is 2.29. The molecule has 0 saturated carbocycles. The summed E-state index contributed by atoms with van der Waals surface area (Å²) in [5.41, 5.74) is -0.435. The standard InChI is InChI=1S/C10H7F2IN2O2/c1-17-7(16)2-6-5(3-14)4-15-10(13)8(6)9(11)12/h4,9H,2H2,1H3. The minimum absolute atomic E-state index is 0.0197. The Labute approximate surface area is 110 Å². The lowest BCUT2D eigenvalue weighted by molar-refractivity contribution is -0.139. The number of esters is 1. The normalized spacial score (nSPS) is 10.1. The van der Waals surface area contributed by atoms with Crippen LogP contribution in [0.3, 0.4) is 0 Å². The summed E-state index contributed by atoms with van der Waals surface area (Å²) < 4.78 is 30.2. The number of nitrogens with zero attached hydrogens (tertiary/aromatic N) is 2. The van der Waals surface area contributed by atoms with Gasteiger partial charge in [0.1, 0.15) is 9.77 Å². The molecule has 0 aliphatic heterocycles. The van der Waals surface area contributed by atoms with Gasteiger partial charge in [-0.1, -0.05) is 0 Å². The molecule has 0 radical (unpaired) electrons. The fourth-order valence-corrected chi connectivity index (χ4v) is 1.96. The SMILES string of the molecule is COC(=O)Cc1c(C#N)cnc(I)c1C(F)F. The highest BCUT2D eigenvalue weighted by molar-refractivity contribution is 14.1. The molecule has 1 rings (SSSR count). The second kappa shape index (κ2) is 5.86. The molecule has 17 heavy (non-hydrogen) atoms. The van der Waals surface area contributed by atoms with E-state index in [9.17, 15) is 13.6 Å². The predicted molar refractivity (Wildman–Crippen MR) is 62.3 cm³/mol. The summed E-state index contributed by atoms with van der Waals surface area (Å²) in [5, 5.41) is 8.81. The Balaban J connectivity index is 3.36. The molecule has 0 aliphatic rings. The molecule has 1 heterocycles. The number of carbonyl (C=O) groups is 1. The van der Waals surface area contributed by atoms with Crippen molar-refractivity contribution in [1.29, 1.82) is 5.26 Å². The number of hydrogen-bond acceptors (Lipinski definition) is 4. The topological polar surface area (TPSA) is 63.0 Å². The molecule has 0 saturated heterocycles. The van der Waals surface area contributed by atoms with Gasteiger partial charge in [0.05, 0.1) is 24.7 Å². The fraction of sp³-hybridized carbons (Fsp3) is 0.300. The molecule has 0 atom stereocenters. The van der Waals surface area contributed by atoms with Gasteiger partial charge in [0.15, 0.2) is 0 Å². The number of halogens is 3. The van der Waals surface area contributed by atoms with Crippen LogP contribution in [-0.4, -0.2) is 18.1 Å². The summed E-state index contributed by atoms with van der Waals surface area (Å²) in [6.45, 7) is 0. The maximum atomic E-state index is 12.9. The fourth-order valence-electron chi connectivity index (χ4n) is 1.26. The molecule has 0 aromatic carbocycles. The Kier molecular flexibility index (Phi) is 4.74. The van der Waals surface area contributed by atoms with Crippen LogP contribution in [0.25, 0.3) is 0 Å². The molecule has 0 spiro atoms. The van der Waals surface area contributed by atoms with E-state index in [0.717, 1.165) is 7.11 Å². The van der Waals surface area contributed by atoms with Crippen molar-refractivity contribution in [2.45, 2.75) is 12.8 Å². The molecule has 0 aliphatic carbocycles. The third kappa shape index (κ3) is 3.09. The van der Waals surface area contributed by atoms with Gasteiger partial charge in [0.2, 0.25) is 0 Å². The largest absolute Gasteiger partial charge is 0.469 e. The van der Waals surface area contributed by atoms with Gasteiger partial charge in [-0.25, -0.2) is 13.8 Å². The summed E-state index contributed by atoms with van der Waals surface area (Å²) in [6, 6.07) is 1.74. The van der Waals surface area contributed by atoms with Gasteiger partial charge in [0, 0.05) is 6.20 Å². The average Bonchev–Trinajstić information content (AvgIpc) is 2.28. The zero-order chi connectivity index (χ0) is 13.0. The van der Waals surface area contributed by atoms with Crippen LogP contribution in [-0.2, 0) is 16.0 Å². The lowest BCUT2D eigenvalue weighted by Gasteiger charge is -2.10. The van der Waals surface area contributed by atoms with E-state index in [2.05, 4.69) is 9.72 Å². The molecular formula is C10H7F2IN2O2. The van der Waals surface area contributed by atoms with E-state index in [1.807, 2.05) is 0 Å². The Morgan fingerprint density at radius 2 is 2.35 bits per heavy atom. The van der Waals surface area contributed by atoms with Gasteiger partial charge >= 0.3 is 5.97 Å². The highest BCUT2D eigenvalue weighted by atomic mass is 127. The first-order valence-corrected chi connectivity index (χ1v) is 5.51. The summed E-state index contributed by atoms with van der Waals surface area (Å²) >= 11 is 1.64. The third-order valence-electron chi connectivity index (χ3n) is 2.07. The lowest BCUT2D eigenvalue weighted by atomic mass is 10.0. The van der Waals surface area contributed by atoms with E-state index in [1.54, 1.807) is 28.7 Å². The number of ether oxygens (including phenoxy) is 1. The number of hydrogen-bond donors (Lipinski definition) is 0. The lowest BCUT2D eigenvalue weighted by Crippen LogP contribution is -2.11. The van der Waals surface area contributed by atoms with E-state index in [-0.39, 0.29) is 26.8 Å². The molecule has 0 unspecified atom stereocenters. The van der Waals surface area contributed by atoms with Gasteiger partial charge in [0.25, 0.3) is 6.43 Å². The quantitative estimate of drug-likeness (QED) is 0.475. The van der Waals surface area contributed by atoms with E-state index in [4.69, 9.17) is 5.26 Å². The van der Waals surface area contributed by atoms with Crippen molar-refractivity contribution in [2.24, 2.45) is 0 Å². The first-order chi connectivity index (χ1) is 8.01. The van der Waals surface area contributed by atoms with E-state index in [1.165, 1.54) is 6.20 Å². The first-order valence-electron chi connectivity index (χ1n) is 4.43. The van der Waals surface area contributed by atoms with Gasteiger partial charge < -0.3 is 4.74 Å². The van der Waals surface area contributed by atoms with Crippen LogP contribution in [0.2, 0.25) is 0 Å². The molecule has 4 nitrogen and oxygen atoms in total. The van der Waals surface area contributed by atoms with Crippen molar-refractivity contribution < 1.29 is 18.3 Å². The number of rotatable bonds is 3. The minimum atomic E-state index is -2.79. The molecule has 0 amide bonds. The van der Waals surface area contributed by atoms with Crippen LogP contribution in [0.4, 0.5) is 8.78 Å². The van der Waals surface area contributed by atoms with Crippen molar-refractivity contribution in [3.8, 4) is 6.07 Å². The number of nitriles is 1.